The van der Waals surface area contributed by atoms with Gasteiger partial charge in [-0.15, -0.1) is 0 Å². The number of rotatable bonds is 0. The molecule has 5 nitrogen and oxygen atoms in total. The van der Waals surface area contributed by atoms with E-state index in [2.05, 4.69) is 4.90 Å². The van der Waals surface area contributed by atoms with Gasteiger partial charge in [0.05, 0.1) is 6.61 Å². The van der Waals surface area contributed by atoms with Crippen LogP contribution < -0.4 is 0 Å². The second-order valence-corrected chi connectivity index (χ2v) is 4.65. The molecule has 0 saturated carbocycles. The predicted octanol–water partition coefficient (Wildman–Crippen LogP) is 0.0320. The summed E-state index contributed by atoms with van der Waals surface area (Å²) in [6.45, 7) is 3.23. The Bertz CT molecular complexity index is 256. The molecular formula is C10H19N3O2. The van der Waals surface area contributed by atoms with Crippen molar-refractivity contribution in [3.8, 4) is 0 Å². The number of hydrogen-bond acceptors (Lipinski definition) is 3. The average molecular weight is 213 g/mol. The molecular weight excluding hydrogens is 194 g/mol. The summed E-state index contributed by atoms with van der Waals surface area (Å²) in [5, 5.41) is 0. The van der Waals surface area contributed by atoms with Crippen LogP contribution in [-0.2, 0) is 4.74 Å². The van der Waals surface area contributed by atoms with Crippen molar-refractivity contribution in [1.29, 1.82) is 0 Å². The summed E-state index contributed by atoms with van der Waals surface area (Å²) >= 11 is 0. The van der Waals surface area contributed by atoms with Gasteiger partial charge in [-0.05, 0) is 13.5 Å². The van der Waals surface area contributed by atoms with Crippen LogP contribution in [0.3, 0.4) is 0 Å². The normalized spacial score (nSPS) is 25.1. The largest absolute Gasteiger partial charge is 0.353 e. The zero-order chi connectivity index (χ0) is 11.1. The molecule has 0 unspecified atom stereocenters. The van der Waals surface area contributed by atoms with Crippen LogP contribution in [0.15, 0.2) is 0 Å². The maximum Gasteiger partial charge on any atom is 0.321 e. The van der Waals surface area contributed by atoms with Gasteiger partial charge in [-0.1, -0.05) is 0 Å². The average Bonchev–Trinajstić information content (AvgIpc) is 2.15. The number of hydrogen-bond donors (Lipinski definition) is 0. The lowest BCUT2D eigenvalue weighted by molar-refractivity contribution is -0.231. The first-order valence-corrected chi connectivity index (χ1v) is 5.37. The Kier molecular flexibility index (Phi) is 2.60. The highest BCUT2D eigenvalue weighted by Crippen LogP contribution is 2.31. The van der Waals surface area contributed by atoms with Gasteiger partial charge in [0.25, 0.3) is 0 Å². The van der Waals surface area contributed by atoms with E-state index in [1.54, 1.807) is 19.0 Å². The molecule has 0 N–H and O–H groups in total. The molecule has 0 aromatic rings. The quantitative estimate of drug-likeness (QED) is 0.569. The van der Waals surface area contributed by atoms with Crippen molar-refractivity contribution < 1.29 is 9.53 Å². The molecule has 2 aliphatic heterocycles. The summed E-state index contributed by atoms with van der Waals surface area (Å²) in [5.41, 5.74) is -0.339. The van der Waals surface area contributed by atoms with E-state index in [-0.39, 0.29) is 11.8 Å². The summed E-state index contributed by atoms with van der Waals surface area (Å²) in [6, 6.07) is 0.0581. The summed E-state index contributed by atoms with van der Waals surface area (Å²) in [6.07, 6.45) is 0.936. The molecule has 2 fully saturated rings. The van der Waals surface area contributed by atoms with Crippen molar-refractivity contribution in [2.24, 2.45) is 0 Å². The zero-order valence-corrected chi connectivity index (χ0v) is 9.69. The van der Waals surface area contributed by atoms with Gasteiger partial charge in [0, 0.05) is 33.7 Å². The number of ether oxygens (including phenoxy) is 1. The molecule has 0 radical (unpaired) electrons. The van der Waals surface area contributed by atoms with Gasteiger partial charge in [-0.25, -0.2) is 4.79 Å². The van der Waals surface area contributed by atoms with Gasteiger partial charge in [-0.3, -0.25) is 9.80 Å². The minimum absolute atomic E-state index is 0.0581. The van der Waals surface area contributed by atoms with E-state index in [1.165, 1.54) is 0 Å². The maximum absolute atomic E-state index is 12.0. The number of urea groups is 1. The van der Waals surface area contributed by atoms with Gasteiger partial charge < -0.3 is 9.64 Å². The lowest BCUT2D eigenvalue weighted by Gasteiger charge is -2.56. The van der Waals surface area contributed by atoms with Crippen LogP contribution >= 0.6 is 0 Å². The second kappa shape index (κ2) is 3.64. The Morgan fingerprint density at radius 1 is 1.40 bits per heavy atom. The Balaban J connectivity index is 2.10. The minimum Gasteiger partial charge on any atom is -0.353 e. The molecule has 0 bridgehead atoms. The molecule has 0 aromatic heterocycles. The molecule has 2 aliphatic rings. The first-order valence-electron chi connectivity index (χ1n) is 5.37. The van der Waals surface area contributed by atoms with Crippen LogP contribution in [-0.4, -0.2) is 73.8 Å². The van der Waals surface area contributed by atoms with E-state index in [9.17, 15) is 4.79 Å². The van der Waals surface area contributed by atoms with Crippen LogP contribution in [0.25, 0.3) is 0 Å². The van der Waals surface area contributed by atoms with Crippen LogP contribution in [0.2, 0.25) is 0 Å². The molecule has 2 saturated heterocycles. The molecule has 0 aliphatic carbocycles. The van der Waals surface area contributed by atoms with E-state index < -0.39 is 0 Å². The van der Waals surface area contributed by atoms with Crippen LogP contribution in [0.5, 0.6) is 0 Å². The Hall–Kier alpha value is -0.810. The highest BCUT2D eigenvalue weighted by Gasteiger charge is 2.51. The van der Waals surface area contributed by atoms with E-state index in [1.807, 2.05) is 11.9 Å². The highest BCUT2D eigenvalue weighted by atomic mass is 16.5. The fraction of sp³-hybridized carbons (Fsp3) is 0.900. The highest BCUT2D eigenvalue weighted by molar-refractivity contribution is 5.75. The summed E-state index contributed by atoms with van der Waals surface area (Å²) < 4.78 is 5.79. The third kappa shape index (κ3) is 1.70. The SMILES string of the molecule is CN1CC2(C1)OCCCN2C(=O)N(C)C. The molecule has 86 valence electrons. The third-order valence-electron chi connectivity index (χ3n) is 3.04. The monoisotopic (exact) mass is 213 g/mol. The number of likely N-dealkylation sites (N-methyl/N-ethyl adjacent to an activating group) is 1. The topological polar surface area (TPSA) is 36.0 Å². The molecule has 2 rings (SSSR count). The zero-order valence-electron chi connectivity index (χ0n) is 9.69. The first kappa shape index (κ1) is 10.7. The van der Waals surface area contributed by atoms with Crippen molar-refractivity contribution in [2.45, 2.75) is 12.1 Å². The second-order valence-electron chi connectivity index (χ2n) is 4.65. The van der Waals surface area contributed by atoms with Crippen molar-refractivity contribution in [3.05, 3.63) is 0 Å². The van der Waals surface area contributed by atoms with Crippen molar-refractivity contribution in [1.82, 2.24) is 14.7 Å². The van der Waals surface area contributed by atoms with Gasteiger partial charge in [0.2, 0.25) is 0 Å². The lowest BCUT2D eigenvalue weighted by atomic mass is 10.0. The van der Waals surface area contributed by atoms with Gasteiger partial charge in [0.1, 0.15) is 0 Å². The molecule has 1 spiro atoms. The Labute approximate surface area is 90.6 Å². The lowest BCUT2D eigenvalue weighted by Crippen LogP contribution is -2.74. The maximum atomic E-state index is 12.0. The fourth-order valence-corrected chi connectivity index (χ4v) is 2.34. The number of amides is 2. The van der Waals surface area contributed by atoms with E-state index in [4.69, 9.17) is 4.74 Å². The Morgan fingerprint density at radius 3 is 2.60 bits per heavy atom. The smallest absolute Gasteiger partial charge is 0.321 e. The van der Waals surface area contributed by atoms with Crippen molar-refractivity contribution in [3.63, 3.8) is 0 Å². The van der Waals surface area contributed by atoms with Gasteiger partial charge in [0.15, 0.2) is 5.72 Å². The number of nitrogens with zero attached hydrogens (tertiary/aromatic N) is 3. The predicted molar refractivity (Wildman–Crippen MR) is 56.6 cm³/mol. The molecule has 0 aromatic carbocycles. The molecule has 5 heteroatoms. The summed E-state index contributed by atoms with van der Waals surface area (Å²) in [7, 11) is 5.61. The Morgan fingerprint density at radius 2 is 2.07 bits per heavy atom. The first-order chi connectivity index (χ1) is 7.05. The summed E-state index contributed by atoms with van der Waals surface area (Å²) in [5.74, 6) is 0. The minimum atomic E-state index is -0.339. The van der Waals surface area contributed by atoms with Gasteiger partial charge >= 0.3 is 6.03 Å². The summed E-state index contributed by atoms with van der Waals surface area (Å²) in [4.78, 5) is 17.6. The molecule has 0 atom stereocenters. The van der Waals surface area contributed by atoms with E-state index in [0.717, 1.165) is 32.7 Å². The van der Waals surface area contributed by atoms with Crippen molar-refractivity contribution in [2.75, 3.05) is 47.4 Å². The van der Waals surface area contributed by atoms with Crippen LogP contribution in [0.4, 0.5) is 4.79 Å². The van der Waals surface area contributed by atoms with Crippen LogP contribution in [0, 0.1) is 0 Å². The number of carbonyl (C=O) groups excluding carboxylic acids is 1. The van der Waals surface area contributed by atoms with Gasteiger partial charge in [-0.2, -0.15) is 0 Å². The number of carbonyl (C=O) groups is 1. The third-order valence-corrected chi connectivity index (χ3v) is 3.04. The molecule has 15 heavy (non-hydrogen) atoms. The van der Waals surface area contributed by atoms with E-state index >= 15 is 0 Å². The van der Waals surface area contributed by atoms with E-state index in [0.29, 0.717) is 0 Å². The number of likely N-dealkylation sites (tertiary alicyclic amines) is 1. The molecule has 2 heterocycles. The fourth-order valence-electron chi connectivity index (χ4n) is 2.34. The molecule has 2 amide bonds. The van der Waals surface area contributed by atoms with Crippen LogP contribution in [0.1, 0.15) is 6.42 Å². The van der Waals surface area contributed by atoms with Crippen molar-refractivity contribution >= 4 is 6.03 Å². The standard InChI is InChI=1S/C10H19N3O2/c1-11(2)9(14)13-5-4-6-15-10(13)7-12(3)8-10/h4-8H2,1-3H3.